The molecular weight excluding hydrogens is 326 g/mol. The Balaban J connectivity index is 2.27. The van der Waals surface area contributed by atoms with E-state index in [1.54, 1.807) is 31.2 Å². The van der Waals surface area contributed by atoms with Gasteiger partial charge in [-0.3, -0.25) is 4.79 Å². The van der Waals surface area contributed by atoms with Crippen molar-refractivity contribution in [3.05, 3.63) is 45.8 Å². The number of thiophene rings is 1. The third kappa shape index (κ3) is 3.94. The Morgan fingerprint density at radius 1 is 1.17 bits per heavy atom. The van der Waals surface area contributed by atoms with Crippen molar-refractivity contribution in [1.29, 1.82) is 0 Å². The highest BCUT2D eigenvalue weighted by molar-refractivity contribution is 7.16. The highest BCUT2D eigenvalue weighted by Gasteiger charge is 2.22. The fourth-order valence-electron chi connectivity index (χ4n) is 2.23. The van der Waals surface area contributed by atoms with Crippen LogP contribution in [0.15, 0.2) is 24.3 Å². The number of amides is 1. The minimum atomic E-state index is -0.419. The van der Waals surface area contributed by atoms with E-state index in [0.717, 1.165) is 10.4 Å². The van der Waals surface area contributed by atoms with Crippen LogP contribution in [0.5, 0.6) is 5.75 Å². The zero-order chi connectivity index (χ0) is 17.7. The fourth-order valence-corrected chi connectivity index (χ4v) is 3.28. The summed E-state index contributed by atoms with van der Waals surface area (Å²) in [7, 11) is 0. The smallest absolute Gasteiger partial charge is 0.341 e. The molecule has 1 aromatic carbocycles. The summed E-state index contributed by atoms with van der Waals surface area (Å²) < 4.78 is 10.5. The average molecular weight is 347 g/mol. The molecule has 0 unspecified atom stereocenters. The third-order valence-corrected chi connectivity index (χ3v) is 4.62. The van der Waals surface area contributed by atoms with Crippen LogP contribution in [0.4, 0.5) is 5.00 Å². The van der Waals surface area contributed by atoms with Crippen molar-refractivity contribution in [2.75, 3.05) is 18.5 Å². The van der Waals surface area contributed by atoms with Crippen LogP contribution in [0.1, 0.15) is 45.0 Å². The van der Waals surface area contributed by atoms with Crippen molar-refractivity contribution in [2.45, 2.75) is 27.7 Å². The zero-order valence-electron chi connectivity index (χ0n) is 14.3. The van der Waals surface area contributed by atoms with Crippen molar-refractivity contribution in [3.63, 3.8) is 0 Å². The Morgan fingerprint density at radius 2 is 1.92 bits per heavy atom. The first-order valence-electron chi connectivity index (χ1n) is 7.79. The number of rotatable bonds is 6. The van der Waals surface area contributed by atoms with E-state index in [-0.39, 0.29) is 12.5 Å². The number of carbonyl (C=O) groups is 2. The Bertz CT molecular complexity index is 751. The maximum absolute atomic E-state index is 12.5. The molecule has 0 bridgehead atoms. The van der Waals surface area contributed by atoms with Crippen molar-refractivity contribution in [3.8, 4) is 5.75 Å². The van der Waals surface area contributed by atoms with Crippen molar-refractivity contribution in [2.24, 2.45) is 0 Å². The number of benzene rings is 1. The van der Waals surface area contributed by atoms with Gasteiger partial charge in [-0.05, 0) is 51.5 Å². The summed E-state index contributed by atoms with van der Waals surface area (Å²) in [5, 5.41) is 3.33. The summed E-state index contributed by atoms with van der Waals surface area (Å²) in [4.78, 5) is 25.7. The highest BCUT2D eigenvalue weighted by atomic mass is 32.1. The zero-order valence-corrected chi connectivity index (χ0v) is 15.1. The van der Waals surface area contributed by atoms with Crippen molar-refractivity contribution in [1.82, 2.24) is 0 Å². The summed E-state index contributed by atoms with van der Waals surface area (Å²) in [5.74, 6) is -0.0737. The van der Waals surface area contributed by atoms with Crippen LogP contribution >= 0.6 is 11.3 Å². The number of esters is 1. The lowest BCUT2D eigenvalue weighted by atomic mass is 10.1. The van der Waals surface area contributed by atoms with Gasteiger partial charge in [-0.1, -0.05) is 6.07 Å². The van der Waals surface area contributed by atoms with Gasteiger partial charge in [0.25, 0.3) is 5.91 Å². The molecule has 0 saturated carbocycles. The molecule has 0 spiro atoms. The number of hydrogen-bond donors (Lipinski definition) is 1. The minimum Gasteiger partial charge on any atom is -0.494 e. The first-order chi connectivity index (χ1) is 11.5. The van der Waals surface area contributed by atoms with Crippen LogP contribution in [0.3, 0.4) is 0 Å². The van der Waals surface area contributed by atoms with Crippen LogP contribution in [0.2, 0.25) is 0 Å². The lowest BCUT2D eigenvalue weighted by Gasteiger charge is -2.08. The first kappa shape index (κ1) is 18.0. The van der Waals surface area contributed by atoms with Gasteiger partial charge in [-0.25, -0.2) is 4.79 Å². The van der Waals surface area contributed by atoms with E-state index in [9.17, 15) is 9.59 Å². The molecule has 24 heavy (non-hydrogen) atoms. The summed E-state index contributed by atoms with van der Waals surface area (Å²) in [6, 6.07) is 6.94. The molecule has 1 N–H and O–H groups in total. The van der Waals surface area contributed by atoms with E-state index < -0.39 is 5.97 Å². The van der Waals surface area contributed by atoms with E-state index in [0.29, 0.717) is 28.5 Å². The number of aryl methyl sites for hydroxylation is 1. The van der Waals surface area contributed by atoms with E-state index >= 15 is 0 Å². The Kier molecular flexibility index (Phi) is 5.98. The van der Waals surface area contributed by atoms with Gasteiger partial charge in [-0.15, -0.1) is 11.3 Å². The van der Waals surface area contributed by atoms with E-state index in [2.05, 4.69) is 5.32 Å². The molecule has 2 aromatic rings. The number of anilines is 1. The van der Waals surface area contributed by atoms with Gasteiger partial charge >= 0.3 is 5.97 Å². The van der Waals surface area contributed by atoms with Gasteiger partial charge in [0.2, 0.25) is 0 Å². The molecule has 0 fully saturated rings. The maximum atomic E-state index is 12.5. The second-order valence-corrected chi connectivity index (χ2v) is 6.35. The quantitative estimate of drug-likeness (QED) is 0.796. The highest BCUT2D eigenvalue weighted by Crippen LogP contribution is 2.33. The molecule has 128 valence electrons. The van der Waals surface area contributed by atoms with Crippen LogP contribution in [-0.2, 0) is 4.74 Å². The van der Waals surface area contributed by atoms with Crippen LogP contribution < -0.4 is 10.1 Å². The molecule has 6 heteroatoms. The Hall–Kier alpha value is -2.34. The summed E-state index contributed by atoms with van der Waals surface area (Å²) in [5.41, 5.74) is 1.73. The van der Waals surface area contributed by atoms with Gasteiger partial charge in [0, 0.05) is 10.4 Å². The normalized spacial score (nSPS) is 10.3. The molecule has 5 nitrogen and oxygen atoms in total. The molecule has 0 saturated heterocycles. The van der Waals surface area contributed by atoms with Gasteiger partial charge < -0.3 is 14.8 Å². The molecule has 2 rings (SSSR count). The maximum Gasteiger partial charge on any atom is 0.341 e. The monoisotopic (exact) mass is 347 g/mol. The molecule has 1 aromatic heterocycles. The number of nitrogens with one attached hydrogen (secondary N) is 1. The molecule has 1 amide bonds. The van der Waals surface area contributed by atoms with Gasteiger partial charge in [0.15, 0.2) is 0 Å². The second kappa shape index (κ2) is 7.97. The molecule has 0 radical (unpaired) electrons. The molecule has 0 aliphatic heterocycles. The summed E-state index contributed by atoms with van der Waals surface area (Å²) in [6.45, 7) is 8.22. The topological polar surface area (TPSA) is 64.6 Å². The van der Waals surface area contributed by atoms with Crippen molar-refractivity contribution >= 4 is 28.2 Å². The van der Waals surface area contributed by atoms with Gasteiger partial charge in [0.05, 0.1) is 18.8 Å². The lowest BCUT2D eigenvalue weighted by molar-refractivity contribution is 0.0527. The van der Waals surface area contributed by atoms with E-state index in [1.165, 1.54) is 11.3 Å². The molecule has 0 aliphatic rings. The summed E-state index contributed by atoms with van der Waals surface area (Å²) in [6.07, 6.45) is 0. The van der Waals surface area contributed by atoms with E-state index in [4.69, 9.17) is 9.47 Å². The van der Waals surface area contributed by atoms with Gasteiger partial charge in [0.1, 0.15) is 10.8 Å². The lowest BCUT2D eigenvalue weighted by Crippen LogP contribution is -2.15. The number of ether oxygens (including phenoxy) is 2. The largest absolute Gasteiger partial charge is 0.494 e. The Morgan fingerprint density at radius 3 is 2.58 bits per heavy atom. The van der Waals surface area contributed by atoms with Crippen molar-refractivity contribution < 1.29 is 19.1 Å². The van der Waals surface area contributed by atoms with Gasteiger partial charge in [-0.2, -0.15) is 0 Å². The van der Waals surface area contributed by atoms with Crippen LogP contribution in [0, 0.1) is 13.8 Å². The second-order valence-electron chi connectivity index (χ2n) is 5.12. The van der Waals surface area contributed by atoms with Crippen LogP contribution in [-0.4, -0.2) is 25.1 Å². The fraction of sp³-hybridized carbons (Fsp3) is 0.333. The predicted octanol–water partition coefficient (Wildman–Crippen LogP) is 4.19. The Labute approximate surface area is 145 Å². The number of hydrogen-bond acceptors (Lipinski definition) is 5. The first-order valence-corrected chi connectivity index (χ1v) is 8.60. The molecule has 1 heterocycles. The SMILES string of the molecule is CCOC(=O)c1c(NC(=O)c2cccc(OCC)c2)sc(C)c1C. The predicted molar refractivity (Wildman–Crippen MR) is 95.3 cm³/mol. The average Bonchev–Trinajstić information content (AvgIpc) is 2.82. The third-order valence-electron chi connectivity index (χ3n) is 3.50. The minimum absolute atomic E-state index is 0.289. The number of carbonyl (C=O) groups excluding carboxylic acids is 2. The molecule has 0 atom stereocenters. The van der Waals surface area contributed by atoms with Crippen LogP contribution in [0.25, 0.3) is 0 Å². The summed E-state index contributed by atoms with van der Waals surface area (Å²) >= 11 is 1.37. The molecule has 0 aliphatic carbocycles. The molecular formula is C18H21NO4S. The van der Waals surface area contributed by atoms with E-state index in [1.807, 2.05) is 20.8 Å². The standard InChI is InChI=1S/C18H21NO4S/c1-5-22-14-9-7-8-13(10-14)16(20)19-17-15(18(21)23-6-2)11(3)12(4)24-17/h7-10H,5-6H2,1-4H3,(H,19,20).